The molecule has 0 heterocycles. The molecule has 0 spiro atoms. The minimum Gasteiger partial charge on any atom is -0.326 e. The van der Waals surface area contributed by atoms with E-state index in [1.165, 1.54) is 35.7 Å². The van der Waals surface area contributed by atoms with Gasteiger partial charge in [0.1, 0.15) is 0 Å². The Kier molecular flexibility index (Phi) is 4.15. The van der Waals surface area contributed by atoms with E-state index in [1.54, 1.807) is 6.07 Å². The molecule has 1 aliphatic carbocycles. The number of aryl methyl sites for hydroxylation is 2. The Hall–Kier alpha value is -0.840. The Balaban J connectivity index is 1.90. The summed E-state index contributed by atoms with van der Waals surface area (Å²) in [5.41, 5.74) is 9.22. The monoisotopic (exact) mass is 351 g/mol. The molecule has 0 saturated heterocycles. The maximum Gasteiger partial charge on any atom is 0.151 e. The van der Waals surface area contributed by atoms with Crippen LogP contribution >= 0.6 is 27.7 Å². The summed E-state index contributed by atoms with van der Waals surface area (Å²) in [6, 6.07) is 10.1. The molecule has 104 valence electrons. The van der Waals surface area contributed by atoms with Gasteiger partial charge < -0.3 is 5.73 Å². The number of hydrogen-bond donors (Lipinski definition) is 1. The molecule has 0 atom stereocenters. The summed E-state index contributed by atoms with van der Waals surface area (Å²) in [4.78, 5) is 1.73. The van der Waals surface area contributed by atoms with Crippen LogP contribution in [0.1, 0.15) is 23.1 Å². The van der Waals surface area contributed by atoms with Crippen LogP contribution < -0.4 is 5.73 Å². The van der Waals surface area contributed by atoms with Crippen LogP contribution in [0, 0.1) is 5.82 Å². The van der Waals surface area contributed by atoms with Gasteiger partial charge in [-0.3, -0.25) is 0 Å². The van der Waals surface area contributed by atoms with Gasteiger partial charge in [-0.25, -0.2) is 4.39 Å². The molecule has 4 heteroatoms. The summed E-state index contributed by atoms with van der Waals surface area (Å²) in [5.74, 6) is -0.224. The van der Waals surface area contributed by atoms with Gasteiger partial charge in [0.05, 0.1) is 4.47 Å². The van der Waals surface area contributed by atoms with E-state index in [9.17, 15) is 4.39 Å². The van der Waals surface area contributed by atoms with Gasteiger partial charge in [-0.15, -0.1) is 0 Å². The van der Waals surface area contributed by atoms with E-state index < -0.39 is 0 Å². The minimum atomic E-state index is -0.224. The first-order valence-corrected chi connectivity index (χ1v) is 8.26. The summed E-state index contributed by atoms with van der Waals surface area (Å²) in [6.45, 7) is 0.335. The van der Waals surface area contributed by atoms with Crippen LogP contribution in [0.4, 0.5) is 4.39 Å². The van der Waals surface area contributed by atoms with Crippen molar-refractivity contribution in [2.75, 3.05) is 0 Å². The second-order valence-electron chi connectivity index (χ2n) is 4.94. The maximum absolute atomic E-state index is 14.3. The first-order chi connectivity index (χ1) is 9.69. The van der Waals surface area contributed by atoms with Gasteiger partial charge >= 0.3 is 0 Å². The molecule has 1 aliphatic rings. The second kappa shape index (κ2) is 5.88. The number of hydrogen-bond acceptors (Lipinski definition) is 2. The van der Waals surface area contributed by atoms with Crippen LogP contribution in [0.15, 0.2) is 44.6 Å². The lowest BCUT2D eigenvalue weighted by atomic mass is 10.1. The molecule has 0 amide bonds. The fourth-order valence-corrected chi connectivity index (χ4v) is 4.10. The lowest BCUT2D eigenvalue weighted by Crippen LogP contribution is -1.99. The van der Waals surface area contributed by atoms with Gasteiger partial charge in [-0.05, 0) is 70.1 Å². The van der Waals surface area contributed by atoms with Gasteiger partial charge in [-0.2, -0.15) is 0 Å². The third-order valence-electron chi connectivity index (χ3n) is 3.64. The van der Waals surface area contributed by atoms with Crippen LogP contribution in [0.5, 0.6) is 0 Å². The highest BCUT2D eigenvalue weighted by Crippen LogP contribution is 2.36. The zero-order chi connectivity index (χ0) is 14.1. The van der Waals surface area contributed by atoms with Crippen molar-refractivity contribution in [2.45, 2.75) is 35.6 Å². The van der Waals surface area contributed by atoms with Crippen LogP contribution in [0.3, 0.4) is 0 Å². The Labute approximate surface area is 130 Å². The number of benzene rings is 2. The quantitative estimate of drug-likeness (QED) is 0.868. The van der Waals surface area contributed by atoms with Crippen LogP contribution in [0.25, 0.3) is 0 Å². The van der Waals surface area contributed by atoms with Crippen molar-refractivity contribution in [1.29, 1.82) is 0 Å². The molecule has 0 aliphatic heterocycles. The van der Waals surface area contributed by atoms with Crippen molar-refractivity contribution in [1.82, 2.24) is 0 Å². The first kappa shape index (κ1) is 14.1. The molecular formula is C16H15BrFNS. The first-order valence-electron chi connectivity index (χ1n) is 6.65. The Morgan fingerprint density at radius 3 is 2.75 bits per heavy atom. The molecule has 2 aromatic rings. The number of fused-ring (bicyclic) bond motifs is 1. The zero-order valence-corrected chi connectivity index (χ0v) is 13.4. The summed E-state index contributed by atoms with van der Waals surface area (Å²) >= 11 is 4.75. The molecule has 3 rings (SSSR count). The van der Waals surface area contributed by atoms with E-state index in [0.29, 0.717) is 15.9 Å². The average Bonchev–Trinajstić information content (AvgIpc) is 2.92. The predicted molar refractivity (Wildman–Crippen MR) is 84.6 cm³/mol. The lowest BCUT2D eigenvalue weighted by Gasteiger charge is -2.09. The largest absolute Gasteiger partial charge is 0.326 e. The third kappa shape index (κ3) is 2.65. The smallest absolute Gasteiger partial charge is 0.151 e. The molecule has 0 saturated carbocycles. The van der Waals surface area contributed by atoms with Gasteiger partial charge in [0.25, 0.3) is 0 Å². The van der Waals surface area contributed by atoms with Crippen LogP contribution in [-0.2, 0) is 19.4 Å². The second-order valence-corrected chi connectivity index (χ2v) is 6.85. The van der Waals surface area contributed by atoms with Gasteiger partial charge in [0, 0.05) is 16.3 Å². The van der Waals surface area contributed by atoms with E-state index in [2.05, 4.69) is 34.1 Å². The number of rotatable bonds is 3. The standard InChI is InChI=1S/C16H15BrFNS/c17-15-12(9-19)5-7-14(16(15)18)20-13-6-4-10-2-1-3-11(10)8-13/h4-8H,1-3,9,19H2. The Morgan fingerprint density at radius 2 is 1.95 bits per heavy atom. The average molecular weight is 352 g/mol. The third-order valence-corrected chi connectivity index (χ3v) is 5.53. The maximum atomic E-state index is 14.3. The van der Waals surface area contributed by atoms with E-state index in [0.717, 1.165) is 16.9 Å². The van der Waals surface area contributed by atoms with E-state index in [4.69, 9.17) is 5.73 Å². The van der Waals surface area contributed by atoms with E-state index in [-0.39, 0.29) is 5.82 Å². The van der Waals surface area contributed by atoms with Crippen molar-refractivity contribution in [2.24, 2.45) is 5.73 Å². The normalized spacial score (nSPS) is 13.6. The molecule has 1 nitrogen and oxygen atoms in total. The highest BCUT2D eigenvalue weighted by molar-refractivity contribution is 9.10. The lowest BCUT2D eigenvalue weighted by molar-refractivity contribution is 0.592. The van der Waals surface area contributed by atoms with Crippen molar-refractivity contribution < 1.29 is 4.39 Å². The molecule has 0 fully saturated rings. The predicted octanol–water partition coefficient (Wildman–Crippen LogP) is 4.69. The molecule has 0 aromatic heterocycles. The fraction of sp³-hybridized carbons (Fsp3) is 0.250. The molecular weight excluding hydrogens is 337 g/mol. The van der Waals surface area contributed by atoms with Crippen LogP contribution in [-0.4, -0.2) is 0 Å². The van der Waals surface area contributed by atoms with Gasteiger partial charge in [0.15, 0.2) is 5.82 Å². The summed E-state index contributed by atoms with van der Waals surface area (Å²) < 4.78 is 14.8. The molecule has 2 N–H and O–H groups in total. The molecule has 0 bridgehead atoms. The van der Waals surface area contributed by atoms with E-state index >= 15 is 0 Å². The van der Waals surface area contributed by atoms with Gasteiger partial charge in [0.2, 0.25) is 0 Å². The summed E-state index contributed by atoms with van der Waals surface area (Å²) in [7, 11) is 0. The summed E-state index contributed by atoms with van der Waals surface area (Å²) in [5, 5.41) is 0. The fourth-order valence-electron chi connectivity index (χ4n) is 2.55. The van der Waals surface area contributed by atoms with Crippen molar-refractivity contribution in [3.8, 4) is 0 Å². The van der Waals surface area contributed by atoms with Crippen molar-refractivity contribution in [3.63, 3.8) is 0 Å². The zero-order valence-electron chi connectivity index (χ0n) is 11.0. The van der Waals surface area contributed by atoms with Crippen molar-refractivity contribution in [3.05, 3.63) is 57.3 Å². The number of halogens is 2. The highest BCUT2D eigenvalue weighted by atomic mass is 79.9. The van der Waals surface area contributed by atoms with Gasteiger partial charge in [-0.1, -0.05) is 23.9 Å². The van der Waals surface area contributed by atoms with E-state index in [1.807, 2.05) is 6.07 Å². The number of nitrogens with two attached hydrogens (primary N) is 1. The molecule has 20 heavy (non-hydrogen) atoms. The topological polar surface area (TPSA) is 26.0 Å². The Bertz CT molecular complexity index is 657. The summed E-state index contributed by atoms with van der Waals surface area (Å²) in [6.07, 6.45) is 3.54. The molecule has 2 aromatic carbocycles. The molecule has 0 radical (unpaired) electrons. The van der Waals surface area contributed by atoms with Crippen LogP contribution in [0.2, 0.25) is 0 Å². The SMILES string of the molecule is NCc1ccc(Sc2ccc3c(c2)CCC3)c(F)c1Br. The molecule has 0 unspecified atom stereocenters. The minimum absolute atomic E-state index is 0.224. The highest BCUT2D eigenvalue weighted by Gasteiger charge is 2.14. The van der Waals surface area contributed by atoms with Crippen molar-refractivity contribution >= 4 is 27.7 Å². The Morgan fingerprint density at radius 1 is 1.15 bits per heavy atom.